The number of halogens is 1. The van der Waals surface area contributed by atoms with E-state index >= 15 is 0 Å². The number of hydrogen-bond acceptors (Lipinski definition) is 6. The van der Waals surface area contributed by atoms with Crippen molar-refractivity contribution in [2.75, 3.05) is 4.90 Å². The van der Waals surface area contributed by atoms with Gasteiger partial charge in [0.25, 0.3) is 0 Å². The number of imide groups is 1. The summed E-state index contributed by atoms with van der Waals surface area (Å²) < 4.78 is 5.78. The molecule has 0 spiro atoms. The second-order valence-corrected chi connectivity index (χ2v) is 9.53. The normalized spacial score (nSPS) is 17.8. The number of carbonyl (C=O) groups excluding carboxylic acids is 2. The van der Waals surface area contributed by atoms with Gasteiger partial charge in [-0.3, -0.25) is 9.59 Å². The summed E-state index contributed by atoms with van der Waals surface area (Å²) in [6.45, 7) is 0. The molecule has 2 fully saturated rings. The van der Waals surface area contributed by atoms with E-state index in [4.69, 9.17) is 16.3 Å². The van der Waals surface area contributed by atoms with E-state index in [0.717, 1.165) is 18.5 Å². The fraction of sp³-hybridized carbons (Fsp3) is 0.200. The first-order chi connectivity index (χ1) is 16.0. The quantitative estimate of drug-likeness (QED) is 0.425. The third-order valence-corrected chi connectivity index (χ3v) is 6.94. The average molecular weight is 476 g/mol. The first-order valence-corrected chi connectivity index (χ1v) is 11.8. The van der Waals surface area contributed by atoms with E-state index < -0.39 is 5.25 Å². The van der Waals surface area contributed by atoms with Crippen molar-refractivity contribution in [3.05, 3.63) is 76.9 Å². The predicted molar refractivity (Wildman–Crippen MR) is 126 cm³/mol. The minimum absolute atomic E-state index is 0.0622. The zero-order chi connectivity index (χ0) is 22.9. The van der Waals surface area contributed by atoms with Crippen molar-refractivity contribution < 1.29 is 14.3 Å². The van der Waals surface area contributed by atoms with Gasteiger partial charge in [-0.15, -0.1) is 0 Å². The van der Waals surface area contributed by atoms with Gasteiger partial charge < -0.3 is 4.74 Å². The lowest BCUT2D eigenvalue weighted by atomic mass is 10.2. The van der Waals surface area contributed by atoms with Crippen LogP contribution in [0, 0.1) is 11.3 Å². The van der Waals surface area contributed by atoms with Crippen LogP contribution in [0.25, 0.3) is 0 Å². The first-order valence-electron chi connectivity index (χ1n) is 10.5. The summed E-state index contributed by atoms with van der Waals surface area (Å²) in [6.07, 6.45) is 2.25. The summed E-state index contributed by atoms with van der Waals surface area (Å²) in [7, 11) is 0. The molecule has 5 rings (SSSR count). The molecule has 1 saturated heterocycles. The largest absolute Gasteiger partial charge is 0.457 e. The summed E-state index contributed by atoms with van der Waals surface area (Å²) >= 11 is 7.09. The Hall–Kier alpha value is -3.34. The molecule has 8 heteroatoms. The van der Waals surface area contributed by atoms with Crippen molar-refractivity contribution in [1.82, 2.24) is 4.98 Å². The van der Waals surface area contributed by atoms with Crippen molar-refractivity contribution in [2.45, 2.75) is 35.5 Å². The van der Waals surface area contributed by atoms with E-state index in [-0.39, 0.29) is 18.2 Å². The van der Waals surface area contributed by atoms with E-state index in [1.807, 2.05) is 6.07 Å². The van der Waals surface area contributed by atoms with Crippen LogP contribution in [0.5, 0.6) is 11.5 Å². The van der Waals surface area contributed by atoms with Gasteiger partial charge in [0, 0.05) is 23.1 Å². The number of pyridine rings is 1. The minimum atomic E-state index is -0.614. The molecule has 2 aliphatic rings. The maximum absolute atomic E-state index is 13.1. The monoisotopic (exact) mass is 475 g/mol. The molecule has 3 aromatic rings. The molecule has 0 bridgehead atoms. The van der Waals surface area contributed by atoms with Gasteiger partial charge >= 0.3 is 0 Å². The number of nitriles is 1. The molecule has 164 valence electrons. The molecule has 6 nitrogen and oxygen atoms in total. The lowest BCUT2D eigenvalue weighted by Crippen LogP contribution is -2.31. The van der Waals surface area contributed by atoms with Crippen molar-refractivity contribution in [2.24, 2.45) is 0 Å². The Balaban J connectivity index is 1.31. The van der Waals surface area contributed by atoms with Crippen LogP contribution < -0.4 is 9.64 Å². The number of amides is 2. The molecule has 2 heterocycles. The Labute approximate surface area is 200 Å². The predicted octanol–water partition coefficient (Wildman–Crippen LogP) is 5.70. The highest BCUT2D eigenvalue weighted by atomic mass is 35.5. The third kappa shape index (κ3) is 4.58. The molecule has 1 atom stereocenters. The van der Waals surface area contributed by atoms with E-state index in [2.05, 4.69) is 11.1 Å². The zero-order valence-corrected chi connectivity index (χ0v) is 19.0. The molecule has 1 unspecified atom stereocenters. The van der Waals surface area contributed by atoms with Crippen LogP contribution in [-0.2, 0) is 9.59 Å². The van der Waals surface area contributed by atoms with E-state index in [1.54, 1.807) is 54.6 Å². The van der Waals surface area contributed by atoms with Gasteiger partial charge in [0.1, 0.15) is 22.6 Å². The summed E-state index contributed by atoms with van der Waals surface area (Å²) in [6, 6.07) is 19.5. The summed E-state index contributed by atoms with van der Waals surface area (Å²) in [4.78, 5) is 31.6. The standard InChI is InChI=1S/C25H18ClN3O3S/c26-17-4-8-19(9-5-17)32-20-10-6-18(7-11-20)29-23(30)13-22(25(29)31)33-24-16(14-27)3-12-21(28-24)15-1-2-15/h3-12,15,22H,1-2,13H2. The van der Waals surface area contributed by atoms with Gasteiger partial charge in [-0.1, -0.05) is 23.4 Å². The van der Waals surface area contributed by atoms with Gasteiger partial charge in [-0.25, -0.2) is 9.88 Å². The smallest absolute Gasteiger partial charge is 0.247 e. The van der Waals surface area contributed by atoms with Gasteiger partial charge in [0.05, 0.1) is 16.5 Å². The molecule has 1 aliphatic heterocycles. The highest BCUT2D eigenvalue weighted by Crippen LogP contribution is 2.41. The summed E-state index contributed by atoms with van der Waals surface area (Å²) in [5.41, 5.74) is 1.85. The van der Waals surface area contributed by atoms with Gasteiger partial charge in [-0.2, -0.15) is 5.26 Å². The first kappa shape index (κ1) is 21.5. The number of nitrogens with zero attached hydrogens (tertiary/aromatic N) is 3. The molecule has 0 radical (unpaired) electrons. The van der Waals surface area contributed by atoms with Crippen molar-refractivity contribution in [3.8, 4) is 17.6 Å². The Morgan fingerprint density at radius 2 is 1.67 bits per heavy atom. The number of aromatic nitrogens is 1. The molecular weight excluding hydrogens is 458 g/mol. The van der Waals surface area contributed by atoms with Crippen molar-refractivity contribution >= 4 is 40.9 Å². The third-order valence-electron chi connectivity index (χ3n) is 5.50. The molecule has 2 aromatic carbocycles. The van der Waals surface area contributed by atoms with Crippen LogP contribution in [0.1, 0.15) is 36.4 Å². The number of ether oxygens (including phenoxy) is 1. The highest BCUT2D eigenvalue weighted by Gasteiger charge is 2.41. The van der Waals surface area contributed by atoms with Crippen LogP contribution in [0.15, 0.2) is 65.7 Å². The fourth-order valence-corrected chi connectivity index (χ4v) is 4.87. The Morgan fingerprint density at radius 1 is 1.00 bits per heavy atom. The summed E-state index contributed by atoms with van der Waals surface area (Å²) in [5, 5.41) is 9.97. The van der Waals surface area contributed by atoms with Crippen molar-refractivity contribution in [3.63, 3.8) is 0 Å². The van der Waals surface area contributed by atoms with Crippen LogP contribution in [-0.4, -0.2) is 22.0 Å². The SMILES string of the molecule is N#Cc1ccc(C2CC2)nc1SC1CC(=O)N(c2ccc(Oc3ccc(Cl)cc3)cc2)C1=O. The molecule has 1 saturated carbocycles. The molecule has 33 heavy (non-hydrogen) atoms. The van der Waals surface area contributed by atoms with Crippen LogP contribution in [0.2, 0.25) is 5.02 Å². The zero-order valence-electron chi connectivity index (χ0n) is 17.4. The Kier molecular flexibility index (Phi) is 5.79. The fourth-order valence-electron chi connectivity index (χ4n) is 3.64. The van der Waals surface area contributed by atoms with Gasteiger partial charge in [0.15, 0.2) is 0 Å². The lowest BCUT2D eigenvalue weighted by Gasteiger charge is -2.16. The minimum Gasteiger partial charge on any atom is -0.457 e. The number of carbonyl (C=O) groups is 2. The summed E-state index contributed by atoms with van der Waals surface area (Å²) in [5.74, 6) is 1.06. The van der Waals surface area contributed by atoms with E-state index in [0.29, 0.717) is 38.7 Å². The van der Waals surface area contributed by atoms with E-state index in [9.17, 15) is 14.9 Å². The highest BCUT2D eigenvalue weighted by molar-refractivity contribution is 8.00. The number of anilines is 1. The number of benzene rings is 2. The molecule has 1 aliphatic carbocycles. The van der Waals surface area contributed by atoms with Crippen LogP contribution >= 0.6 is 23.4 Å². The van der Waals surface area contributed by atoms with Crippen LogP contribution in [0.3, 0.4) is 0 Å². The average Bonchev–Trinajstić information content (AvgIpc) is 3.63. The van der Waals surface area contributed by atoms with Crippen molar-refractivity contribution in [1.29, 1.82) is 5.26 Å². The lowest BCUT2D eigenvalue weighted by molar-refractivity contribution is -0.121. The van der Waals surface area contributed by atoms with E-state index in [1.165, 1.54) is 16.7 Å². The Morgan fingerprint density at radius 3 is 2.30 bits per heavy atom. The van der Waals surface area contributed by atoms with Gasteiger partial charge in [-0.05, 0) is 73.5 Å². The second kappa shape index (κ2) is 8.89. The molecule has 1 aromatic heterocycles. The van der Waals surface area contributed by atoms with Gasteiger partial charge in [0.2, 0.25) is 11.8 Å². The number of rotatable bonds is 6. The molecular formula is C25H18ClN3O3S. The topological polar surface area (TPSA) is 83.3 Å². The second-order valence-electron chi connectivity index (χ2n) is 7.90. The maximum atomic E-state index is 13.1. The Bertz CT molecular complexity index is 1270. The molecule has 2 amide bonds. The maximum Gasteiger partial charge on any atom is 0.247 e. The van der Waals surface area contributed by atoms with Crippen LogP contribution in [0.4, 0.5) is 5.69 Å². The molecule has 0 N–H and O–H groups in total. The number of hydrogen-bond donors (Lipinski definition) is 0. The number of thioether (sulfide) groups is 1.